The highest BCUT2D eigenvalue weighted by molar-refractivity contribution is 7.09. The highest BCUT2D eigenvalue weighted by atomic mass is 32.1. The molecule has 1 aromatic carbocycles. The Kier molecular flexibility index (Phi) is 3.26. The minimum atomic E-state index is 0.626. The molecule has 0 unspecified atom stereocenters. The molecule has 2 aromatic rings. The van der Waals surface area contributed by atoms with Gasteiger partial charge in [0.25, 0.3) is 0 Å². The average molecular weight is 235 g/mol. The standard InChI is InChI=1S/C11H13N3OS/c1-15-9-4-2-3-8(11(9)12)14-7-10-13-5-6-16-10/h2-6,14H,7,12H2,1H3. The highest BCUT2D eigenvalue weighted by Crippen LogP contribution is 2.29. The Hall–Kier alpha value is -1.75. The van der Waals surface area contributed by atoms with Crippen molar-refractivity contribution in [1.82, 2.24) is 4.98 Å². The highest BCUT2D eigenvalue weighted by Gasteiger charge is 2.04. The molecule has 84 valence electrons. The van der Waals surface area contributed by atoms with Gasteiger partial charge in [0.15, 0.2) is 0 Å². The smallest absolute Gasteiger partial charge is 0.143 e. The van der Waals surface area contributed by atoms with Gasteiger partial charge in [-0.2, -0.15) is 0 Å². The SMILES string of the molecule is COc1cccc(NCc2nccs2)c1N. The van der Waals surface area contributed by atoms with Crippen molar-refractivity contribution < 1.29 is 4.74 Å². The summed E-state index contributed by atoms with van der Waals surface area (Å²) in [5.74, 6) is 0.684. The Morgan fingerprint density at radius 1 is 1.50 bits per heavy atom. The van der Waals surface area contributed by atoms with Gasteiger partial charge in [0.1, 0.15) is 10.8 Å². The molecule has 1 aromatic heterocycles. The zero-order valence-corrected chi connectivity index (χ0v) is 9.75. The molecule has 0 saturated carbocycles. The first kappa shape index (κ1) is 10.8. The number of rotatable bonds is 4. The third kappa shape index (κ3) is 2.25. The molecule has 0 aliphatic rings. The minimum absolute atomic E-state index is 0.626. The molecule has 0 spiro atoms. The number of para-hydroxylation sites is 1. The Bertz CT molecular complexity index is 456. The second-order valence-electron chi connectivity index (χ2n) is 3.20. The normalized spacial score (nSPS) is 10.1. The van der Waals surface area contributed by atoms with Gasteiger partial charge >= 0.3 is 0 Å². The Balaban J connectivity index is 2.09. The molecule has 0 radical (unpaired) electrons. The number of nitrogen functional groups attached to an aromatic ring is 1. The van der Waals surface area contributed by atoms with Crippen LogP contribution in [0.2, 0.25) is 0 Å². The average Bonchev–Trinajstić information content (AvgIpc) is 2.81. The van der Waals surface area contributed by atoms with Crippen LogP contribution in [0.1, 0.15) is 5.01 Å². The minimum Gasteiger partial charge on any atom is -0.495 e. The molecule has 5 heteroatoms. The van der Waals surface area contributed by atoms with Gasteiger partial charge in [0, 0.05) is 11.6 Å². The molecule has 0 fully saturated rings. The predicted molar refractivity (Wildman–Crippen MR) is 66.8 cm³/mol. The fourth-order valence-corrected chi connectivity index (χ4v) is 1.94. The molecular formula is C11H13N3OS. The number of nitrogens with zero attached hydrogens (tertiary/aromatic N) is 1. The quantitative estimate of drug-likeness (QED) is 0.799. The second kappa shape index (κ2) is 4.85. The molecule has 3 N–H and O–H groups in total. The van der Waals surface area contributed by atoms with E-state index in [4.69, 9.17) is 10.5 Å². The molecule has 0 saturated heterocycles. The molecule has 2 rings (SSSR count). The van der Waals surface area contributed by atoms with E-state index in [1.54, 1.807) is 24.6 Å². The van der Waals surface area contributed by atoms with Crippen molar-refractivity contribution in [2.45, 2.75) is 6.54 Å². The van der Waals surface area contributed by atoms with Crippen molar-refractivity contribution in [1.29, 1.82) is 0 Å². The zero-order chi connectivity index (χ0) is 11.4. The molecule has 0 amide bonds. The summed E-state index contributed by atoms with van der Waals surface area (Å²) in [6.45, 7) is 0.676. The number of nitrogens with one attached hydrogen (secondary N) is 1. The van der Waals surface area contributed by atoms with E-state index in [0.29, 0.717) is 18.0 Å². The fraction of sp³-hybridized carbons (Fsp3) is 0.182. The van der Waals surface area contributed by atoms with Gasteiger partial charge < -0.3 is 15.8 Å². The van der Waals surface area contributed by atoms with Gasteiger partial charge in [-0.25, -0.2) is 4.98 Å². The summed E-state index contributed by atoms with van der Waals surface area (Å²) in [4.78, 5) is 4.19. The van der Waals surface area contributed by atoms with Gasteiger partial charge in [0.2, 0.25) is 0 Å². The second-order valence-corrected chi connectivity index (χ2v) is 4.18. The summed E-state index contributed by atoms with van der Waals surface area (Å²) in [5, 5.41) is 6.21. The van der Waals surface area contributed by atoms with Crippen LogP contribution in [0.4, 0.5) is 11.4 Å². The Labute approximate surface area is 98.1 Å². The number of hydrogen-bond donors (Lipinski definition) is 2. The summed E-state index contributed by atoms with van der Waals surface area (Å²) in [7, 11) is 1.61. The number of methoxy groups -OCH3 is 1. The first-order valence-electron chi connectivity index (χ1n) is 4.86. The third-order valence-electron chi connectivity index (χ3n) is 2.20. The van der Waals surface area contributed by atoms with Gasteiger partial charge in [-0.15, -0.1) is 11.3 Å². The van der Waals surface area contributed by atoms with Crippen LogP contribution in [0, 0.1) is 0 Å². The van der Waals surface area contributed by atoms with E-state index in [-0.39, 0.29) is 0 Å². The zero-order valence-electron chi connectivity index (χ0n) is 8.93. The van der Waals surface area contributed by atoms with Gasteiger partial charge in [-0.05, 0) is 12.1 Å². The number of benzene rings is 1. The fourth-order valence-electron chi connectivity index (χ4n) is 1.39. The van der Waals surface area contributed by atoms with Crippen LogP contribution in [0.5, 0.6) is 5.75 Å². The molecule has 0 aliphatic carbocycles. The van der Waals surface area contributed by atoms with Crippen LogP contribution in [-0.2, 0) is 6.54 Å². The van der Waals surface area contributed by atoms with E-state index in [1.807, 2.05) is 23.6 Å². The van der Waals surface area contributed by atoms with E-state index in [0.717, 1.165) is 10.7 Å². The summed E-state index contributed by atoms with van der Waals surface area (Å²) in [6, 6.07) is 5.66. The molecule has 4 nitrogen and oxygen atoms in total. The largest absolute Gasteiger partial charge is 0.495 e. The summed E-state index contributed by atoms with van der Waals surface area (Å²) < 4.78 is 5.14. The molecule has 0 bridgehead atoms. The summed E-state index contributed by atoms with van der Waals surface area (Å²) >= 11 is 1.61. The van der Waals surface area contributed by atoms with Crippen molar-refractivity contribution in [2.75, 3.05) is 18.2 Å². The number of thiazole rings is 1. The van der Waals surface area contributed by atoms with E-state index in [1.165, 1.54) is 0 Å². The predicted octanol–water partition coefficient (Wildman–Crippen LogP) is 2.35. The maximum Gasteiger partial charge on any atom is 0.143 e. The van der Waals surface area contributed by atoms with Crippen LogP contribution < -0.4 is 15.8 Å². The van der Waals surface area contributed by atoms with Crippen LogP contribution in [0.25, 0.3) is 0 Å². The topological polar surface area (TPSA) is 60.2 Å². The molecule has 0 atom stereocenters. The van der Waals surface area contributed by atoms with E-state index >= 15 is 0 Å². The number of anilines is 2. The monoisotopic (exact) mass is 235 g/mol. The van der Waals surface area contributed by atoms with Gasteiger partial charge in [-0.3, -0.25) is 0 Å². The molecular weight excluding hydrogens is 222 g/mol. The number of ether oxygens (including phenoxy) is 1. The third-order valence-corrected chi connectivity index (χ3v) is 2.98. The van der Waals surface area contributed by atoms with Gasteiger partial charge in [0.05, 0.1) is 25.0 Å². The first-order valence-corrected chi connectivity index (χ1v) is 5.74. The molecule has 0 aliphatic heterocycles. The lowest BCUT2D eigenvalue weighted by Crippen LogP contribution is -2.03. The Morgan fingerprint density at radius 2 is 2.38 bits per heavy atom. The van der Waals surface area contributed by atoms with Crippen molar-refractivity contribution in [3.05, 3.63) is 34.8 Å². The van der Waals surface area contributed by atoms with Crippen molar-refractivity contribution in [3.63, 3.8) is 0 Å². The maximum absolute atomic E-state index is 5.93. The first-order chi connectivity index (χ1) is 7.81. The van der Waals surface area contributed by atoms with Crippen molar-refractivity contribution >= 4 is 22.7 Å². The number of aromatic nitrogens is 1. The lowest BCUT2D eigenvalue weighted by Gasteiger charge is -2.10. The summed E-state index contributed by atoms with van der Waals surface area (Å²) in [6.07, 6.45) is 1.79. The number of nitrogens with two attached hydrogens (primary N) is 1. The summed E-state index contributed by atoms with van der Waals surface area (Å²) in [5.41, 5.74) is 7.43. The van der Waals surface area contributed by atoms with Crippen LogP contribution in [-0.4, -0.2) is 12.1 Å². The van der Waals surface area contributed by atoms with E-state index in [9.17, 15) is 0 Å². The van der Waals surface area contributed by atoms with Crippen LogP contribution in [0.15, 0.2) is 29.8 Å². The van der Waals surface area contributed by atoms with Crippen molar-refractivity contribution in [2.24, 2.45) is 0 Å². The van der Waals surface area contributed by atoms with Crippen molar-refractivity contribution in [3.8, 4) is 5.75 Å². The van der Waals surface area contributed by atoms with E-state index < -0.39 is 0 Å². The lowest BCUT2D eigenvalue weighted by molar-refractivity contribution is 0.417. The van der Waals surface area contributed by atoms with Gasteiger partial charge in [-0.1, -0.05) is 6.07 Å². The van der Waals surface area contributed by atoms with Crippen LogP contribution >= 0.6 is 11.3 Å². The Morgan fingerprint density at radius 3 is 3.06 bits per heavy atom. The van der Waals surface area contributed by atoms with Crippen LogP contribution in [0.3, 0.4) is 0 Å². The lowest BCUT2D eigenvalue weighted by atomic mass is 10.2. The maximum atomic E-state index is 5.93. The molecule has 16 heavy (non-hydrogen) atoms. The van der Waals surface area contributed by atoms with E-state index in [2.05, 4.69) is 10.3 Å². The molecule has 1 heterocycles. The number of hydrogen-bond acceptors (Lipinski definition) is 5.